The van der Waals surface area contributed by atoms with Crippen LogP contribution in [0, 0.1) is 32.6 Å². The minimum absolute atomic E-state index is 0.388. The molecule has 1 aromatic carbocycles. The van der Waals surface area contributed by atoms with Gasteiger partial charge in [-0.2, -0.15) is 0 Å². The molecule has 1 aromatic rings. The first-order valence-electron chi connectivity index (χ1n) is 8.46. The van der Waals surface area contributed by atoms with Crippen LogP contribution in [0.1, 0.15) is 55.0 Å². The van der Waals surface area contributed by atoms with Crippen LogP contribution in [0.15, 0.2) is 12.1 Å². The number of aryl methyl sites for hydroxylation is 3. The van der Waals surface area contributed by atoms with Crippen LogP contribution in [0.25, 0.3) is 0 Å². The number of nitrogens with two attached hydrogens (primary N) is 1. The van der Waals surface area contributed by atoms with E-state index < -0.39 is 0 Å². The highest BCUT2D eigenvalue weighted by Crippen LogP contribution is 2.32. The minimum atomic E-state index is 0.388. The van der Waals surface area contributed by atoms with Crippen LogP contribution < -0.4 is 5.73 Å². The molecular formula is C19H32N2. The predicted molar refractivity (Wildman–Crippen MR) is 91.6 cm³/mol. The summed E-state index contributed by atoms with van der Waals surface area (Å²) in [5.74, 6) is 1.70. The van der Waals surface area contributed by atoms with Crippen LogP contribution in [-0.4, -0.2) is 24.5 Å². The first kappa shape index (κ1) is 16.5. The van der Waals surface area contributed by atoms with Gasteiger partial charge in [0.1, 0.15) is 0 Å². The fourth-order valence-electron chi connectivity index (χ4n) is 4.06. The molecule has 1 atom stereocenters. The molecule has 0 aliphatic carbocycles. The summed E-state index contributed by atoms with van der Waals surface area (Å²) in [6.45, 7) is 14.5. The van der Waals surface area contributed by atoms with E-state index in [9.17, 15) is 0 Å². The Labute approximate surface area is 130 Å². The molecule has 1 saturated heterocycles. The topological polar surface area (TPSA) is 29.3 Å². The van der Waals surface area contributed by atoms with Gasteiger partial charge < -0.3 is 5.73 Å². The third kappa shape index (κ3) is 3.67. The molecule has 0 aromatic heterocycles. The van der Waals surface area contributed by atoms with Crippen LogP contribution in [0.2, 0.25) is 0 Å². The summed E-state index contributed by atoms with van der Waals surface area (Å²) in [5, 5.41) is 0. The van der Waals surface area contributed by atoms with Gasteiger partial charge in [0.2, 0.25) is 0 Å². The highest BCUT2D eigenvalue weighted by Gasteiger charge is 2.28. The van der Waals surface area contributed by atoms with E-state index in [-0.39, 0.29) is 0 Å². The molecule has 1 aliphatic heterocycles. The average Bonchev–Trinajstić information content (AvgIpc) is 2.42. The second kappa shape index (κ2) is 6.93. The zero-order valence-corrected chi connectivity index (χ0v) is 14.4. The van der Waals surface area contributed by atoms with E-state index in [0.717, 1.165) is 18.4 Å². The molecule has 0 amide bonds. The summed E-state index contributed by atoms with van der Waals surface area (Å²) >= 11 is 0. The van der Waals surface area contributed by atoms with Crippen LogP contribution in [-0.2, 0) is 0 Å². The number of piperidine rings is 1. The highest BCUT2D eigenvalue weighted by atomic mass is 15.2. The van der Waals surface area contributed by atoms with Gasteiger partial charge in [0.25, 0.3) is 0 Å². The molecule has 1 aliphatic rings. The smallest absolute Gasteiger partial charge is 0.0475 e. The zero-order chi connectivity index (χ0) is 15.6. The third-order valence-electron chi connectivity index (χ3n) is 5.25. The fourth-order valence-corrected chi connectivity index (χ4v) is 4.06. The van der Waals surface area contributed by atoms with Crippen molar-refractivity contribution in [3.8, 4) is 0 Å². The largest absolute Gasteiger partial charge is 0.329 e. The van der Waals surface area contributed by atoms with Crippen molar-refractivity contribution in [1.29, 1.82) is 0 Å². The SMILES string of the molecule is Cc1cc(C)c(C(CN)N2CCC(C(C)C)CC2)c(C)c1. The molecule has 0 saturated carbocycles. The minimum Gasteiger partial charge on any atom is -0.329 e. The predicted octanol–water partition coefficient (Wildman–Crippen LogP) is 3.98. The Hall–Kier alpha value is -0.860. The van der Waals surface area contributed by atoms with Gasteiger partial charge in [-0.3, -0.25) is 4.90 Å². The van der Waals surface area contributed by atoms with Crippen molar-refractivity contribution < 1.29 is 0 Å². The maximum atomic E-state index is 6.16. The van der Waals surface area contributed by atoms with E-state index in [2.05, 4.69) is 51.7 Å². The van der Waals surface area contributed by atoms with E-state index in [4.69, 9.17) is 5.73 Å². The van der Waals surface area contributed by atoms with Gasteiger partial charge in [0, 0.05) is 12.6 Å². The summed E-state index contributed by atoms with van der Waals surface area (Å²) in [6.07, 6.45) is 2.64. The Balaban J connectivity index is 2.18. The first-order chi connectivity index (χ1) is 9.93. The van der Waals surface area contributed by atoms with E-state index in [1.54, 1.807) is 0 Å². The Bertz CT molecular complexity index is 447. The number of benzene rings is 1. The van der Waals surface area contributed by atoms with E-state index in [1.807, 2.05) is 0 Å². The van der Waals surface area contributed by atoms with Gasteiger partial charge in [-0.15, -0.1) is 0 Å². The molecule has 1 heterocycles. The molecule has 2 N–H and O–H groups in total. The normalized spacial score (nSPS) is 19.2. The molecule has 21 heavy (non-hydrogen) atoms. The van der Waals surface area contributed by atoms with Gasteiger partial charge in [-0.05, 0) is 75.2 Å². The van der Waals surface area contributed by atoms with Gasteiger partial charge in [0.15, 0.2) is 0 Å². The second-order valence-corrected chi connectivity index (χ2v) is 7.18. The van der Waals surface area contributed by atoms with Crippen molar-refractivity contribution in [3.05, 3.63) is 34.4 Å². The summed E-state index contributed by atoms with van der Waals surface area (Å²) in [6, 6.07) is 4.98. The highest BCUT2D eigenvalue weighted by molar-refractivity contribution is 5.40. The Morgan fingerprint density at radius 3 is 2.05 bits per heavy atom. The lowest BCUT2D eigenvalue weighted by atomic mass is 9.85. The van der Waals surface area contributed by atoms with Gasteiger partial charge >= 0.3 is 0 Å². The summed E-state index contributed by atoms with van der Waals surface area (Å²) in [4.78, 5) is 2.61. The number of likely N-dealkylation sites (tertiary alicyclic amines) is 1. The molecule has 0 bridgehead atoms. The molecular weight excluding hydrogens is 256 g/mol. The number of hydrogen-bond donors (Lipinski definition) is 1. The first-order valence-corrected chi connectivity index (χ1v) is 8.46. The zero-order valence-electron chi connectivity index (χ0n) is 14.4. The van der Waals surface area contributed by atoms with E-state index in [1.165, 1.54) is 48.2 Å². The van der Waals surface area contributed by atoms with E-state index in [0.29, 0.717) is 6.04 Å². The lowest BCUT2D eigenvalue weighted by Gasteiger charge is -2.39. The second-order valence-electron chi connectivity index (χ2n) is 7.18. The Morgan fingerprint density at radius 2 is 1.62 bits per heavy atom. The van der Waals surface area contributed by atoms with Crippen molar-refractivity contribution in [2.24, 2.45) is 17.6 Å². The van der Waals surface area contributed by atoms with Gasteiger partial charge in [-0.1, -0.05) is 31.5 Å². The maximum Gasteiger partial charge on any atom is 0.0475 e. The number of hydrogen-bond acceptors (Lipinski definition) is 2. The summed E-state index contributed by atoms with van der Waals surface area (Å²) in [5.41, 5.74) is 11.8. The molecule has 1 unspecified atom stereocenters. The van der Waals surface area contributed by atoms with Gasteiger partial charge in [-0.25, -0.2) is 0 Å². The number of nitrogens with zero attached hydrogens (tertiary/aromatic N) is 1. The van der Waals surface area contributed by atoms with Crippen molar-refractivity contribution in [1.82, 2.24) is 4.90 Å². The van der Waals surface area contributed by atoms with Gasteiger partial charge in [0.05, 0.1) is 0 Å². The molecule has 1 fully saturated rings. The Kier molecular flexibility index (Phi) is 5.45. The molecule has 2 nitrogen and oxygen atoms in total. The van der Waals surface area contributed by atoms with Crippen LogP contribution in [0.5, 0.6) is 0 Å². The lowest BCUT2D eigenvalue weighted by molar-refractivity contribution is 0.117. The lowest BCUT2D eigenvalue weighted by Crippen LogP contribution is -2.41. The Morgan fingerprint density at radius 1 is 1.10 bits per heavy atom. The van der Waals surface area contributed by atoms with Crippen molar-refractivity contribution in [2.45, 2.75) is 53.5 Å². The van der Waals surface area contributed by atoms with Crippen molar-refractivity contribution in [2.75, 3.05) is 19.6 Å². The van der Waals surface area contributed by atoms with E-state index >= 15 is 0 Å². The quantitative estimate of drug-likeness (QED) is 0.908. The molecule has 2 rings (SSSR count). The monoisotopic (exact) mass is 288 g/mol. The van der Waals surface area contributed by atoms with Crippen LogP contribution in [0.4, 0.5) is 0 Å². The molecule has 118 valence electrons. The van der Waals surface area contributed by atoms with Crippen molar-refractivity contribution in [3.63, 3.8) is 0 Å². The maximum absolute atomic E-state index is 6.16. The van der Waals surface area contributed by atoms with Crippen LogP contribution in [0.3, 0.4) is 0 Å². The molecule has 0 spiro atoms. The van der Waals surface area contributed by atoms with Crippen LogP contribution >= 0.6 is 0 Å². The summed E-state index contributed by atoms with van der Waals surface area (Å²) < 4.78 is 0. The summed E-state index contributed by atoms with van der Waals surface area (Å²) in [7, 11) is 0. The number of rotatable bonds is 4. The van der Waals surface area contributed by atoms with Crippen molar-refractivity contribution >= 4 is 0 Å². The molecule has 0 radical (unpaired) electrons. The average molecular weight is 288 g/mol. The fraction of sp³-hybridized carbons (Fsp3) is 0.684. The molecule has 2 heteroatoms. The standard InChI is InChI=1S/C19H32N2/c1-13(2)17-6-8-21(9-7-17)18(12-20)19-15(4)10-14(3)11-16(19)5/h10-11,13,17-18H,6-9,12,20H2,1-5H3. The third-order valence-corrected chi connectivity index (χ3v) is 5.25.